The second kappa shape index (κ2) is 7.51. The molecule has 0 radical (unpaired) electrons. The van der Waals surface area contributed by atoms with Crippen molar-refractivity contribution in [2.24, 2.45) is 0 Å². The van der Waals surface area contributed by atoms with Crippen molar-refractivity contribution in [3.63, 3.8) is 0 Å². The molecular weight excluding hydrogens is 362 g/mol. The van der Waals surface area contributed by atoms with E-state index < -0.39 is 0 Å². The largest absolute Gasteiger partial charge is 0.365 e. The third kappa shape index (κ3) is 3.12. The Morgan fingerprint density at radius 2 is 1.64 bits per heavy atom. The van der Waals surface area contributed by atoms with Gasteiger partial charge in [-0.05, 0) is 29.2 Å². The second-order valence-corrected chi connectivity index (χ2v) is 10.1. The Bertz CT molecular complexity index is 788. The molecule has 3 unspecified atom stereocenters. The first-order valence-corrected chi connectivity index (χ1v) is 12.0. The highest BCUT2D eigenvalue weighted by Gasteiger charge is 2.51. The van der Waals surface area contributed by atoms with Gasteiger partial charge in [0.05, 0.1) is 31.8 Å². The van der Waals surface area contributed by atoms with Crippen molar-refractivity contribution in [3.8, 4) is 0 Å². The van der Waals surface area contributed by atoms with Crippen LogP contribution in [0.5, 0.6) is 0 Å². The van der Waals surface area contributed by atoms with Crippen LogP contribution in [-0.4, -0.2) is 36.3 Å². The molecule has 2 fully saturated rings. The molecule has 5 atom stereocenters. The van der Waals surface area contributed by atoms with E-state index in [1.54, 1.807) is 0 Å². The van der Waals surface area contributed by atoms with Crippen LogP contribution in [0.25, 0.3) is 0 Å². The molecule has 0 aliphatic carbocycles. The second-order valence-electron chi connectivity index (χ2n) is 9.09. The third-order valence-corrected chi connectivity index (χ3v) is 8.67. The van der Waals surface area contributed by atoms with Crippen LogP contribution in [0, 0.1) is 0 Å². The van der Waals surface area contributed by atoms with E-state index in [1.807, 2.05) is 11.8 Å². The summed E-state index contributed by atoms with van der Waals surface area (Å²) >= 11 is 1.95. The Labute approximate surface area is 173 Å². The van der Waals surface area contributed by atoms with Crippen molar-refractivity contribution < 1.29 is 9.22 Å². The van der Waals surface area contributed by atoms with Gasteiger partial charge in [-0.15, -0.1) is 11.8 Å². The Morgan fingerprint density at radius 3 is 2.39 bits per heavy atom. The van der Waals surface area contributed by atoms with E-state index in [0.29, 0.717) is 6.10 Å². The van der Waals surface area contributed by atoms with Crippen molar-refractivity contribution in [3.05, 3.63) is 65.2 Å². The van der Waals surface area contributed by atoms with E-state index in [2.05, 4.69) is 62.5 Å². The van der Waals surface area contributed by atoms with Crippen LogP contribution >= 0.6 is 11.8 Å². The lowest BCUT2D eigenvalue weighted by molar-refractivity contribution is -0.949. The number of rotatable bonds is 4. The number of piperidine rings is 1. The molecule has 2 bridgehead atoms. The first-order valence-electron chi connectivity index (χ1n) is 11.0. The minimum Gasteiger partial charge on any atom is -0.365 e. The summed E-state index contributed by atoms with van der Waals surface area (Å²) in [5.74, 6) is 1.04. The van der Waals surface area contributed by atoms with Crippen LogP contribution in [0.1, 0.15) is 61.8 Å². The van der Waals surface area contributed by atoms with Gasteiger partial charge in [-0.1, -0.05) is 49.4 Å². The lowest BCUT2D eigenvalue weighted by Gasteiger charge is -2.47. The number of thioether (sulfide) groups is 1. The topological polar surface area (TPSA) is 9.23 Å². The highest BCUT2D eigenvalue weighted by molar-refractivity contribution is 7.98. The normalized spacial score (nSPS) is 33.8. The molecule has 28 heavy (non-hydrogen) atoms. The van der Waals surface area contributed by atoms with Gasteiger partial charge in [0.2, 0.25) is 0 Å². The van der Waals surface area contributed by atoms with Crippen LogP contribution < -0.4 is 0 Å². The van der Waals surface area contributed by atoms with Gasteiger partial charge < -0.3 is 9.22 Å². The Balaban J connectivity index is 1.45. The maximum absolute atomic E-state index is 6.99. The number of hydrogen-bond acceptors (Lipinski definition) is 2. The van der Waals surface area contributed by atoms with Crippen molar-refractivity contribution in [2.45, 2.75) is 74.0 Å². The highest BCUT2D eigenvalue weighted by atomic mass is 32.2. The molecule has 5 rings (SSSR count). The maximum atomic E-state index is 6.99. The first-order chi connectivity index (χ1) is 13.7. The van der Waals surface area contributed by atoms with E-state index in [9.17, 15) is 0 Å². The lowest BCUT2D eigenvalue weighted by atomic mass is 9.94. The molecule has 2 saturated heterocycles. The third-order valence-electron chi connectivity index (χ3n) is 7.53. The maximum Gasteiger partial charge on any atom is 0.109 e. The van der Waals surface area contributed by atoms with Crippen LogP contribution in [0.4, 0.5) is 0 Å². The van der Waals surface area contributed by atoms with Crippen molar-refractivity contribution in [1.82, 2.24) is 0 Å². The number of benzene rings is 2. The van der Waals surface area contributed by atoms with Crippen molar-refractivity contribution in [2.75, 3.05) is 13.6 Å². The van der Waals surface area contributed by atoms with Crippen LogP contribution in [-0.2, 0) is 10.5 Å². The minimum absolute atomic E-state index is 0.0785. The molecule has 2 nitrogen and oxygen atoms in total. The molecule has 2 aromatic rings. The molecule has 0 amide bonds. The van der Waals surface area contributed by atoms with Gasteiger partial charge in [-0.2, -0.15) is 0 Å². The van der Waals surface area contributed by atoms with Crippen LogP contribution in [0.3, 0.4) is 0 Å². The van der Waals surface area contributed by atoms with Gasteiger partial charge in [0.15, 0.2) is 0 Å². The standard InChI is InChI=1S/C25H32NOS/c1-3-14-26(2)19-12-13-20(26)16-21(15-19)27-25-22-9-5-4-8-18(22)17-28-24-11-7-6-10-23(24)25/h4-11,19-21,25H,3,12-17H2,1-2H3/q+1/t19-,20+,21?,25?,26?. The fourth-order valence-corrected chi connectivity index (χ4v) is 7.15. The number of fused-ring (bicyclic) bond motifs is 4. The van der Waals surface area contributed by atoms with E-state index in [0.717, 1.165) is 17.8 Å². The van der Waals surface area contributed by atoms with Gasteiger partial charge in [0.25, 0.3) is 0 Å². The summed E-state index contributed by atoms with van der Waals surface area (Å²) in [5, 5.41) is 0. The zero-order valence-electron chi connectivity index (χ0n) is 17.1. The molecule has 3 aliphatic rings. The summed E-state index contributed by atoms with van der Waals surface area (Å²) in [6.45, 7) is 3.66. The monoisotopic (exact) mass is 394 g/mol. The van der Waals surface area contributed by atoms with Gasteiger partial charge in [-0.3, -0.25) is 0 Å². The van der Waals surface area contributed by atoms with E-state index >= 15 is 0 Å². The first kappa shape index (κ1) is 18.7. The average molecular weight is 395 g/mol. The number of ether oxygens (including phenoxy) is 1. The Hall–Kier alpha value is -1.29. The number of hydrogen-bond donors (Lipinski definition) is 0. The summed E-state index contributed by atoms with van der Waals surface area (Å²) < 4.78 is 8.29. The smallest absolute Gasteiger partial charge is 0.109 e. The van der Waals surface area contributed by atoms with E-state index in [-0.39, 0.29) is 6.10 Å². The SMILES string of the molecule is CCC[N+]1(C)[C@@H]2CC[C@H]1CC(OC1c3ccccc3CSc3ccccc31)C2. The molecule has 0 saturated carbocycles. The summed E-state index contributed by atoms with van der Waals surface area (Å²) in [4.78, 5) is 1.38. The predicted molar refractivity (Wildman–Crippen MR) is 117 cm³/mol. The molecular formula is C25H32NOS+. The van der Waals surface area contributed by atoms with Gasteiger partial charge >= 0.3 is 0 Å². The van der Waals surface area contributed by atoms with Crippen LogP contribution in [0.2, 0.25) is 0 Å². The molecule has 0 aromatic heterocycles. The summed E-state index contributed by atoms with van der Waals surface area (Å²) in [7, 11) is 2.51. The Kier molecular flexibility index (Phi) is 5.02. The quantitative estimate of drug-likeness (QED) is 0.593. The summed E-state index contributed by atoms with van der Waals surface area (Å²) in [6, 6.07) is 19.4. The zero-order valence-corrected chi connectivity index (χ0v) is 18.0. The fourth-order valence-electron chi connectivity index (χ4n) is 6.06. The van der Waals surface area contributed by atoms with Gasteiger partial charge in [0, 0.05) is 36.3 Å². The molecule has 3 heterocycles. The Morgan fingerprint density at radius 1 is 0.964 bits per heavy atom. The number of nitrogens with zero attached hydrogens (tertiary/aromatic N) is 1. The number of quaternary nitrogens is 1. The average Bonchev–Trinajstić information content (AvgIpc) is 2.88. The van der Waals surface area contributed by atoms with Crippen LogP contribution in [0.15, 0.2) is 53.4 Å². The molecule has 3 heteroatoms. The summed E-state index contributed by atoms with van der Waals surface area (Å²) in [6.07, 6.45) is 6.96. The lowest BCUT2D eigenvalue weighted by Crippen LogP contribution is -2.59. The summed E-state index contributed by atoms with van der Waals surface area (Å²) in [5.41, 5.74) is 4.17. The van der Waals surface area contributed by atoms with Crippen molar-refractivity contribution in [1.29, 1.82) is 0 Å². The predicted octanol–water partition coefficient (Wildman–Crippen LogP) is 5.95. The zero-order chi connectivity index (χ0) is 19.1. The molecule has 0 spiro atoms. The molecule has 0 N–H and O–H groups in total. The molecule has 148 valence electrons. The molecule has 3 aliphatic heterocycles. The highest BCUT2D eigenvalue weighted by Crippen LogP contribution is 2.46. The molecule has 2 aromatic carbocycles. The van der Waals surface area contributed by atoms with E-state index in [1.165, 1.54) is 64.7 Å². The van der Waals surface area contributed by atoms with E-state index in [4.69, 9.17) is 4.74 Å². The fraction of sp³-hybridized carbons (Fsp3) is 0.520. The van der Waals surface area contributed by atoms with Gasteiger partial charge in [-0.25, -0.2) is 0 Å². The minimum atomic E-state index is 0.0785. The van der Waals surface area contributed by atoms with Gasteiger partial charge in [0.1, 0.15) is 6.10 Å². The van der Waals surface area contributed by atoms with Crippen molar-refractivity contribution >= 4 is 11.8 Å².